The fourth-order valence-electron chi connectivity index (χ4n) is 3.73. The van der Waals surface area contributed by atoms with Crippen molar-refractivity contribution in [2.45, 2.75) is 25.3 Å². The quantitative estimate of drug-likeness (QED) is 0.692. The Kier molecular flexibility index (Phi) is 5.48. The summed E-state index contributed by atoms with van der Waals surface area (Å²) < 4.78 is 7.03. The lowest BCUT2D eigenvalue weighted by Gasteiger charge is -2.22. The number of pyridine rings is 1. The second kappa shape index (κ2) is 8.35. The normalized spacial score (nSPS) is 14.8. The third-order valence-corrected chi connectivity index (χ3v) is 5.24. The highest BCUT2D eigenvalue weighted by Gasteiger charge is 2.21. The minimum Gasteiger partial charge on any atom is -0.465 e. The van der Waals surface area contributed by atoms with Crippen LogP contribution in [0, 0.1) is 0 Å². The van der Waals surface area contributed by atoms with Crippen molar-refractivity contribution < 1.29 is 9.53 Å². The third-order valence-electron chi connectivity index (χ3n) is 5.24. The van der Waals surface area contributed by atoms with Gasteiger partial charge in [0.1, 0.15) is 0 Å². The summed E-state index contributed by atoms with van der Waals surface area (Å²) in [5, 5.41) is 8.34. The molecule has 1 N–H and O–H groups in total. The van der Waals surface area contributed by atoms with E-state index in [-0.39, 0.29) is 5.97 Å². The van der Waals surface area contributed by atoms with Crippen molar-refractivity contribution in [2.75, 3.05) is 20.2 Å². The Bertz CT molecular complexity index is 946. The molecule has 1 fully saturated rings. The van der Waals surface area contributed by atoms with Gasteiger partial charge >= 0.3 is 5.97 Å². The van der Waals surface area contributed by atoms with Crippen LogP contribution in [-0.4, -0.2) is 40.9 Å². The predicted molar refractivity (Wildman–Crippen MR) is 107 cm³/mol. The molecule has 1 aliphatic rings. The highest BCUT2D eigenvalue weighted by Crippen LogP contribution is 2.29. The molecule has 0 unspecified atom stereocenters. The standard InChI is InChI=1S/C22H24N4O2/c1-28-22(27)19-9-12-24-14-17(19)13-21-20(16-5-3-2-4-6-16)15-26(25-21)18-7-10-23-11-8-18/h2-6,9,12,14-15,18,23H,7-8,10-11,13H2,1H3. The van der Waals surface area contributed by atoms with Gasteiger partial charge in [-0.15, -0.1) is 0 Å². The number of piperidine rings is 1. The summed E-state index contributed by atoms with van der Waals surface area (Å²) in [4.78, 5) is 16.4. The Morgan fingerprint density at radius 1 is 1.21 bits per heavy atom. The number of nitrogens with one attached hydrogen (secondary N) is 1. The summed E-state index contributed by atoms with van der Waals surface area (Å²) in [6, 6.07) is 12.4. The van der Waals surface area contributed by atoms with Gasteiger partial charge in [-0.25, -0.2) is 4.79 Å². The molecule has 6 nitrogen and oxygen atoms in total. The molecule has 1 saturated heterocycles. The van der Waals surface area contributed by atoms with Crippen LogP contribution in [0.1, 0.15) is 40.5 Å². The van der Waals surface area contributed by atoms with Gasteiger partial charge in [0.15, 0.2) is 0 Å². The van der Waals surface area contributed by atoms with Crippen molar-refractivity contribution in [3.63, 3.8) is 0 Å². The number of carbonyl (C=O) groups is 1. The van der Waals surface area contributed by atoms with E-state index in [1.165, 1.54) is 7.11 Å². The first kappa shape index (κ1) is 18.4. The van der Waals surface area contributed by atoms with Gasteiger partial charge in [-0.05, 0) is 43.1 Å². The highest BCUT2D eigenvalue weighted by molar-refractivity contribution is 5.91. The minimum absolute atomic E-state index is 0.351. The molecule has 0 spiro atoms. The molecule has 3 heterocycles. The van der Waals surface area contributed by atoms with Crippen LogP contribution in [0.3, 0.4) is 0 Å². The molecular weight excluding hydrogens is 352 g/mol. The molecule has 0 atom stereocenters. The highest BCUT2D eigenvalue weighted by atomic mass is 16.5. The first-order chi connectivity index (χ1) is 13.8. The van der Waals surface area contributed by atoms with Gasteiger partial charge in [0.2, 0.25) is 0 Å². The van der Waals surface area contributed by atoms with Crippen LogP contribution in [0.4, 0.5) is 0 Å². The molecule has 0 radical (unpaired) electrons. The van der Waals surface area contributed by atoms with Crippen molar-refractivity contribution in [3.8, 4) is 11.1 Å². The summed E-state index contributed by atoms with van der Waals surface area (Å²) >= 11 is 0. The van der Waals surface area contributed by atoms with E-state index in [1.54, 1.807) is 18.5 Å². The second-order valence-corrected chi connectivity index (χ2v) is 7.02. The minimum atomic E-state index is -0.351. The predicted octanol–water partition coefficient (Wildman–Crippen LogP) is 3.25. The van der Waals surface area contributed by atoms with Crippen molar-refractivity contribution in [3.05, 3.63) is 71.8 Å². The Labute approximate surface area is 164 Å². The number of aromatic nitrogens is 3. The molecule has 0 amide bonds. The molecular formula is C22H24N4O2. The Morgan fingerprint density at radius 2 is 2.00 bits per heavy atom. The molecule has 0 saturated carbocycles. The zero-order valence-corrected chi connectivity index (χ0v) is 16.0. The summed E-state index contributed by atoms with van der Waals surface area (Å²) in [5.74, 6) is -0.351. The van der Waals surface area contributed by atoms with Gasteiger partial charge in [-0.3, -0.25) is 9.67 Å². The smallest absolute Gasteiger partial charge is 0.338 e. The number of methoxy groups -OCH3 is 1. The number of carbonyl (C=O) groups excluding carboxylic acids is 1. The zero-order valence-electron chi connectivity index (χ0n) is 16.0. The number of ether oxygens (including phenoxy) is 1. The molecule has 2 aromatic heterocycles. The fourth-order valence-corrected chi connectivity index (χ4v) is 3.73. The van der Waals surface area contributed by atoms with E-state index in [0.29, 0.717) is 18.0 Å². The summed E-state index contributed by atoms with van der Waals surface area (Å²) in [6.45, 7) is 2.02. The van der Waals surface area contributed by atoms with Crippen LogP contribution >= 0.6 is 0 Å². The van der Waals surface area contributed by atoms with E-state index in [0.717, 1.165) is 48.3 Å². The van der Waals surface area contributed by atoms with Gasteiger partial charge in [0.25, 0.3) is 0 Å². The van der Waals surface area contributed by atoms with E-state index in [4.69, 9.17) is 9.84 Å². The number of esters is 1. The molecule has 0 bridgehead atoms. The maximum Gasteiger partial charge on any atom is 0.338 e. The lowest BCUT2D eigenvalue weighted by Crippen LogP contribution is -2.29. The van der Waals surface area contributed by atoms with E-state index >= 15 is 0 Å². The van der Waals surface area contributed by atoms with E-state index in [1.807, 2.05) is 18.2 Å². The van der Waals surface area contributed by atoms with Crippen LogP contribution in [0.15, 0.2) is 55.0 Å². The lowest BCUT2D eigenvalue weighted by molar-refractivity contribution is 0.0599. The van der Waals surface area contributed by atoms with E-state index in [2.05, 4.69) is 33.3 Å². The van der Waals surface area contributed by atoms with Crippen LogP contribution in [0.2, 0.25) is 0 Å². The van der Waals surface area contributed by atoms with Crippen molar-refractivity contribution in [1.82, 2.24) is 20.1 Å². The third kappa shape index (κ3) is 3.82. The number of nitrogens with zero attached hydrogens (tertiary/aromatic N) is 3. The molecule has 1 aliphatic heterocycles. The number of benzene rings is 1. The summed E-state index contributed by atoms with van der Waals surface area (Å²) in [5.41, 5.74) is 4.53. The van der Waals surface area contributed by atoms with Crippen molar-refractivity contribution in [2.24, 2.45) is 0 Å². The average molecular weight is 376 g/mol. The second-order valence-electron chi connectivity index (χ2n) is 7.02. The topological polar surface area (TPSA) is 69.0 Å². The number of rotatable bonds is 5. The van der Waals surface area contributed by atoms with Gasteiger partial charge in [0, 0.05) is 30.6 Å². The molecule has 28 heavy (non-hydrogen) atoms. The number of hydrogen-bond donors (Lipinski definition) is 1. The van der Waals surface area contributed by atoms with Crippen LogP contribution < -0.4 is 5.32 Å². The molecule has 0 aliphatic carbocycles. The maximum absolute atomic E-state index is 12.1. The molecule has 6 heteroatoms. The first-order valence-corrected chi connectivity index (χ1v) is 9.61. The summed E-state index contributed by atoms with van der Waals surface area (Å²) in [7, 11) is 1.40. The van der Waals surface area contributed by atoms with E-state index in [9.17, 15) is 4.79 Å². The van der Waals surface area contributed by atoms with Crippen LogP contribution in [0.5, 0.6) is 0 Å². The van der Waals surface area contributed by atoms with Crippen LogP contribution in [-0.2, 0) is 11.2 Å². The Hall–Kier alpha value is -2.99. The van der Waals surface area contributed by atoms with Gasteiger partial charge < -0.3 is 10.1 Å². The molecule has 4 rings (SSSR count). The van der Waals surface area contributed by atoms with E-state index < -0.39 is 0 Å². The van der Waals surface area contributed by atoms with Crippen molar-refractivity contribution >= 4 is 5.97 Å². The van der Waals surface area contributed by atoms with Crippen molar-refractivity contribution in [1.29, 1.82) is 0 Å². The SMILES string of the molecule is COC(=O)c1ccncc1Cc1nn(C2CCNCC2)cc1-c1ccccc1. The monoisotopic (exact) mass is 376 g/mol. The fraction of sp³-hybridized carbons (Fsp3) is 0.318. The molecule has 3 aromatic rings. The van der Waals surface area contributed by atoms with Gasteiger partial charge in [-0.1, -0.05) is 30.3 Å². The summed E-state index contributed by atoms with van der Waals surface area (Å²) in [6.07, 6.45) is 8.15. The largest absolute Gasteiger partial charge is 0.465 e. The van der Waals surface area contributed by atoms with Gasteiger partial charge in [-0.2, -0.15) is 5.10 Å². The Balaban J connectivity index is 1.73. The average Bonchev–Trinajstić information content (AvgIpc) is 3.18. The first-order valence-electron chi connectivity index (χ1n) is 9.61. The molecule has 1 aromatic carbocycles. The zero-order chi connectivity index (χ0) is 19.3. The maximum atomic E-state index is 12.1. The Morgan fingerprint density at radius 3 is 2.75 bits per heavy atom. The van der Waals surface area contributed by atoms with Gasteiger partial charge in [0.05, 0.1) is 24.4 Å². The molecule has 144 valence electrons. The lowest BCUT2D eigenvalue weighted by atomic mass is 10.00. The number of hydrogen-bond acceptors (Lipinski definition) is 5. The van der Waals surface area contributed by atoms with Crippen LogP contribution in [0.25, 0.3) is 11.1 Å².